The lowest BCUT2D eigenvalue weighted by Gasteiger charge is -2.12. The average molecular weight is 269 g/mol. The first kappa shape index (κ1) is 14.6. The molecule has 3 nitrogen and oxygen atoms in total. The molecule has 0 spiro atoms. The number of halogens is 1. The zero-order valence-corrected chi connectivity index (χ0v) is 11.5. The Morgan fingerprint density at radius 1 is 1.44 bits per heavy atom. The highest BCUT2D eigenvalue weighted by atomic mass is 35.5. The van der Waals surface area contributed by atoms with Gasteiger partial charge in [-0.25, -0.2) is 4.79 Å². The van der Waals surface area contributed by atoms with Gasteiger partial charge in [-0.2, -0.15) is 0 Å². The average Bonchev–Trinajstić information content (AvgIpc) is 2.30. The van der Waals surface area contributed by atoms with Crippen LogP contribution >= 0.6 is 11.6 Å². The first-order valence-electron chi connectivity index (χ1n) is 5.84. The third-order valence-electron chi connectivity index (χ3n) is 2.04. The van der Waals surface area contributed by atoms with E-state index in [0.717, 1.165) is 5.56 Å². The Hall–Kier alpha value is -1.48. The van der Waals surface area contributed by atoms with Crippen LogP contribution in [0.5, 0.6) is 5.75 Å². The minimum absolute atomic E-state index is 0.0480. The second-order valence-electron chi connectivity index (χ2n) is 3.91. The smallest absolute Gasteiger partial charge is 0.330 e. The zero-order valence-electron chi connectivity index (χ0n) is 10.8. The summed E-state index contributed by atoms with van der Waals surface area (Å²) in [6.45, 7) is 5.97. The van der Waals surface area contributed by atoms with Crippen LogP contribution in [0.15, 0.2) is 24.3 Å². The molecule has 0 unspecified atom stereocenters. The lowest BCUT2D eigenvalue weighted by Crippen LogP contribution is -2.06. The Morgan fingerprint density at radius 2 is 2.17 bits per heavy atom. The number of carbonyl (C=O) groups excluding carboxylic acids is 1. The molecule has 98 valence electrons. The Balaban J connectivity index is 2.87. The van der Waals surface area contributed by atoms with Crippen molar-refractivity contribution in [3.8, 4) is 5.75 Å². The molecule has 1 aromatic carbocycles. The molecular weight excluding hydrogens is 252 g/mol. The number of carbonyl (C=O) groups is 1. The van der Waals surface area contributed by atoms with Crippen LogP contribution in [0, 0.1) is 0 Å². The van der Waals surface area contributed by atoms with E-state index in [-0.39, 0.29) is 12.1 Å². The van der Waals surface area contributed by atoms with Crippen molar-refractivity contribution in [2.75, 3.05) is 6.61 Å². The molecule has 0 fully saturated rings. The molecule has 18 heavy (non-hydrogen) atoms. The van der Waals surface area contributed by atoms with E-state index in [1.807, 2.05) is 26.0 Å². The standard InChI is InChI=1S/C14H17ClO3/c1-4-17-13(16)9-8-11-6-5-7-12(14(11)15)18-10(2)3/h5-10H,4H2,1-3H3/b9-8+. The second kappa shape index (κ2) is 7.07. The van der Waals surface area contributed by atoms with Crippen molar-refractivity contribution < 1.29 is 14.3 Å². The molecule has 0 aliphatic heterocycles. The van der Waals surface area contributed by atoms with Crippen molar-refractivity contribution >= 4 is 23.6 Å². The molecule has 0 N–H and O–H groups in total. The van der Waals surface area contributed by atoms with Crippen LogP contribution in [-0.2, 0) is 9.53 Å². The van der Waals surface area contributed by atoms with E-state index in [1.54, 1.807) is 19.1 Å². The number of ether oxygens (including phenoxy) is 2. The monoisotopic (exact) mass is 268 g/mol. The molecule has 0 bridgehead atoms. The molecule has 1 rings (SSSR count). The van der Waals surface area contributed by atoms with Gasteiger partial charge in [0.25, 0.3) is 0 Å². The van der Waals surface area contributed by atoms with Gasteiger partial charge in [-0.3, -0.25) is 0 Å². The molecule has 0 amide bonds. The van der Waals surface area contributed by atoms with Crippen molar-refractivity contribution in [2.24, 2.45) is 0 Å². The van der Waals surface area contributed by atoms with Crippen LogP contribution in [0.3, 0.4) is 0 Å². The lowest BCUT2D eigenvalue weighted by molar-refractivity contribution is -0.137. The first-order chi connectivity index (χ1) is 8.54. The molecule has 0 heterocycles. The van der Waals surface area contributed by atoms with Gasteiger partial charge in [-0.1, -0.05) is 23.7 Å². The summed E-state index contributed by atoms with van der Waals surface area (Å²) < 4.78 is 10.4. The molecule has 0 radical (unpaired) electrons. The highest BCUT2D eigenvalue weighted by Crippen LogP contribution is 2.29. The van der Waals surface area contributed by atoms with E-state index in [9.17, 15) is 4.79 Å². The minimum Gasteiger partial charge on any atom is -0.489 e. The van der Waals surface area contributed by atoms with Gasteiger partial charge in [0.05, 0.1) is 17.7 Å². The van der Waals surface area contributed by atoms with Gasteiger partial charge >= 0.3 is 5.97 Å². The largest absolute Gasteiger partial charge is 0.489 e. The van der Waals surface area contributed by atoms with E-state index in [2.05, 4.69) is 0 Å². The molecule has 1 aromatic rings. The SMILES string of the molecule is CCOC(=O)/C=C/c1cccc(OC(C)C)c1Cl. The molecule has 0 atom stereocenters. The third kappa shape index (κ3) is 4.41. The summed E-state index contributed by atoms with van der Waals surface area (Å²) in [6, 6.07) is 5.43. The van der Waals surface area contributed by atoms with E-state index < -0.39 is 0 Å². The summed E-state index contributed by atoms with van der Waals surface area (Å²) in [5, 5.41) is 0.492. The van der Waals surface area contributed by atoms with E-state index >= 15 is 0 Å². The summed E-state index contributed by atoms with van der Waals surface area (Å²) in [5.74, 6) is 0.224. The molecule has 0 saturated heterocycles. The molecule has 0 aromatic heterocycles. The normalized spacial score (nSPS) is 10.9. The highest BCUT2D eigenvalue weighted by Gasteiger charge is 2.07. The quantitative estimate of drug-likeness (QED) is 0.603. The van der Waals surface area contributed by atoms with Gasteiger partial charge in [0.15, 0.2) is 0 Å². The molecule has 0 saturated carbocycles. The van der Waals surface area contributed by atoms with Crippen LogP contribution in [0.25, 0.3) is 6.08 Å². The Morgan fingerprint density at radius 3 is 2.78 bits per heavy atom. The first-order valence-corrected chi connectivity index (χ1v) is 6.22. The summed E-state index contributed by atoms with van der Waals surface area (Å²) >= 11 is 6.19. The Labute approximate surface area is 112 Å². The number of hydrogen-bond acceptors (Lipinski definition) is 3. The number of rotatable bonds is 5. The second-order valence-corrected chi connectivity index (χ2v) is 4.29. The van der Waals surface area contributed by atoms with Crippen LogP contribution in [-0.4, -0.2) is 18.7 Å². The van der Waals surface area contributed by atoms with Crippen molar-refractivity contribution in [1.82, 2.24) is 0 Å². The molecule has 0 aliphatic rings. The summed E-state index contributed by atoms with van der Waals surface area (Å²) in [6.07, 6.45) is 3.02. The maximum atomic E-state index is 11.2. The highest BCUT2D eigenvalue weighted by molar-refractivity contribution is 6.33. The van der Waals surface area contributed by atoms with Crippen molar-refractivity contribution in [1.29, 1.82) is 0 Å². The molecule has 4 heteroatoms. The number of esters is 1. The fourth-order valence-corrected chi connectivity index (χ4v) is 1.58. The summed E-state index contributed by atoms with van der Waals surface area (Å²) in [5.41, 5.74) is 0.725. The van der Waals surface area contributed by atoms with Gasteiger partial charge in [0.2, 0.25) is 0 Å². The zero-order chi connectivity index (χ0) is 13.5. The lowest BCUT2D eigenvalue weighted by atomic mass is 10.2. The minimum atomic E-state index is -0.385. The van der Waals surface area contributed by atoms with Crippen molar-refractivity contribution in [3.05, 3.63) is 34.9 Å². The fraction of sp³-hybridized carbons (Fsp3) is 0.357. The van der Waals surface area contributed by atoms with E-state index in [4.69, 9.17) is 21.1 Å². The molecular formula is C14H17ClO3. The van der Waals surface area contributed by atoms with Crippen molar-refractivity contribution in [3.63, 3.8) is 0 Å². The third-order valence-corrected chi connectivity index (χ3v) is 2.45. The number of benzene rings is 1. The van der Waals surface area contributed by atoms with Gasteiger partial charge in [-0.15, -0.1) is 0 Å². The topological polar surface area (TPSA) is 35.5 Å². The van der Waals surface area contributed by atoms with Crippen molar-refractivity contribution in [2.45, 2.75) is 26.9 Å². The van der Waals surface area contributed by atoms with Crippen LogP contribution in [0.2, 0.25) is 5.02 Å². The Kier molecular flexibility index (Phi) is 5.72. The maximum absolute atomic E-state index is 11.2. The number of hydrogen-bond donors (Lipinski definition) is 0. The van der Waals surface area contributed by atoms with Crippen LogP contribution in [0.4, 0.5) is 0 Å². The molecule has 0 aliphatic carbocycles. The Bertz CT molecular complexity index is 439. The van der Waals surface area contributed by atoms with Gasteiger partial charge in [0.1, 0.15) is 5.75 Å². The van der Waals surface area contributed by atoms with E-state index in [1.165, 1.54) is 6.08 Å². The van der Waals surface area contributed by atoms with Gasteiger partial charge in [0, 0.05) is 6.08 Å². The van der Waals surface area contributed by atoms with Crippen LogP contribution < -0.4 is 4.74 Å². The predicted molar refractivity (Wildman–Crippen MR) is 72.9 cm³/mol. The fourth-order valence-electron chi connectivity index (χ4n) is 1.35. The van der Waals surface area contributed by atoms with Gasteiger partial charge < -0.3 is 9.47 Å². The van der Waals surface area contributed by atoms with E-state index in [0.29, 0.717) is 17.4 Å². The summed E-state index contributed by atoms with van der Waals surface area (Å²) in [7, 11) is 0. The predicted octanol–water partition coefficient (Wildman–Crippen LogP) is 3.70. The van der Waals surface area contributed by atoms with Crippen LogP contribution in [0.1, 0.15) is 26.3 Å². The van der Waals surface area contributed by atoms with Gasteiger partial charge in [-0.05, 0) is 38.5 Å². The summed E-state index contributed by atoms with van der Waals surface area (Å²) in [4.78, 5) is 11.2. The maximum Gasteiger partial charge on any atom is 0.330 e.